The molecule has 1 aromatic rings. The highest BCUT2D eigenvalue weighted by atomic mass is 35.5. The molecule has 1 aromatic heterocycles. The van der Waals surface area contributed by atoms with Crippen molar-refractivity contribution in [3.8, 4) is 0 Å². The van der Waals surface area contributed by atoms with Gasteiger partial charge in [0.1, 0.15) is 0 Å². The number of fused-ring (bicyclic) bond motifs is 1. The number of aromatic nitrogens is 2. The van der Waals surface area contributed by atoms with Gasteiger partial charge in [-0.25, -0.2) is 0 Å². The van der Waals surface area contributed by atoms with E-state index in [0.29, 0.717) is 17.0 Å². The lowest BCUT2D eigenvalue weighted by molar-refractivity contribution is 0.0925. The van der Waals surface area contributed by atoms with Crippen LogP contribution in [0.2, 0.25) is 0 Å². The Hall–Kier alpha value is -1.07. The van der Waals surface area contributed by atoms with Gasteiger partial charge in [0.25, 0.3) is 5.91 Å². The zero-order valence-electron chi connectivity index (χ0n) is 15.1. The van der Waals surface area contributed by atoms with Crippen LogP contribution in [0.1, 0.15) is 68.2 Å². The van der Waals surface area contributed by atoms with Crippen LogP contribution in [0.3, 0.4) is 0 Å². The van der Waals surface area contributed by atoms with Gasteiger partial charge in [-0.3, -0.25) is 9.89 Å². The fourth-order valence-electron chi connectivity index (χ4n) is 3.97. The average Bonchev–Trinajstić information content (AvgIpc) is 2.96. The van der Waals surface area contributed by atoms with Crippen molar-refractivity contribution in [2.24, 2.45) is 17.3 Å². The van der Waals surface area contributed by atoms with E-state index in [1.165, 1.54) is 25.7 Å². The lowest BCUT2D eigenvalue weighted by Crippen LogP contribution is -2.34. The molecule has 1 aliphatic heterocycles. The molecule has 1 saturated carbocycles. The Morgan fingerprint density at radius 3 is 2.62 bits per heavy atom. The minimum Gasteiger partial charge on any atom is -0.350 e. The molecule has 1 fully saturated rings. The summed E-state index contributed by atoms with van der Waals surface area (Å²) >= 11 is 0. The number of hydrogen-bond acceptors (Lipinski definition) is 3. The van der Waals surface area contributed by atoms with Crippen molar-refractivity contribution in [3.05, 3.63) is 17.0 Å². The van der Waals surface area contributed by atoms with E-state index in [-0.39, 0.29) is 18.3 Å². The molecule has 0 spiro atoms. The molecule has 24 heavy (non-hydrogen) atoms. The maximum absolute atomic E-state index is 12.4. The molecule has 136 valence electrons. The van der Waals surface area contributed by atoms with E-state index in [1.807, 2.05) is 0 Å². The highest BCUT2D eigenvalue weighted by Gasteiger charge is 2.30. The van der Waals surface area contributed by atoms with Crippen LogP contribution in [-0.2, 0) is 13.0 Å². The van der Waals surface area contributed by atoms with Crippen molar-refractivity contribution in [2.45, 2.75) is 59.4 Å². The molecule has 0 atom stereocenters. The van der Waals surface area contributed by atoms with E-state index < -0.39 is 0 Å². The number of hydrogen-bond donors (Lipinski definition) is 3. The number of rotatable bonds is 3. The Balaban J connectivity index is 0.00000208. The van der Waals surface area contributed by atoms with E-state index in [0.717, 1.165) is 43.2 Å². The molecular weight excluding hydrogens is 324 g/mol. The first-order chi connectivity index (χ1) is 10.9. The Morgan fingerprint density at radius 2 is 1.96 bits per heavy atom. The molecule has 5 nitrogen and oxygen atoms in total. The van der Waals surface area contributed by atoms with Crippen LogP contribution < -0.4 is 10.6 Å². The zero-order chi connectivity index (χ0) is 16.4. The van der Waals surface area contributed by atoms with Crippen LogP contribution in [-0.4, -0.2) is 29.2 Å². The van der Waals surface area contributed by atoms with Crippen LogP contribution in [0.4, 0.5) is 0 Å². The summed E-state index contributed by atoms with van der Waals surface area (Å²) in [5, 5.41) is 13.7. The number of carbonyl (C=O) groups is 1. The SMILES string of the molecule is CC(C)(C)C1CCC(CNC(=O)c2n[nH]c3c2CNCC3)CC1.Cl. The highest BCUT2D eigenvalue weighted by Crippen LogP contribution is 2.39. The van der Waals surface area contributed by atoms with Crippen LogP contribution >= 0.6 is 12.4 Å². The molecule has 0 aromatic carbocycles. The Labute approximate surface area is 151 Å². The number of nitrogens with zero attached hydrogens (tertiary/aromatic N) is 1. The monoisotopic (exact) mass is 354 g/mol. The zero-order valence-corrected chi connectivity index (χ0v) is 15.9. The topological polar surface area (TPSA) is 69.8 Å². The fourth-order valence-corrected chi connectivity index (χ4v) is 3.97. The number of aromatic amines is 1. The predicted octanol–water partition coefficient (Wildman–Crippen LogP) is 3.06. The Morgan fingerprint density at radius 1 is 1.25 bits per heavy atom. The maximum Gasteiger partial charge on any atom is 0.272 e. The summed E-state index contributed by atoms with van der Waals surface area (Å²) in [5.74, 6) is 1.41. The number of H-pyrrole nitrogens is 1. The summed E-state index contributed by atoms with van der Waals surface area (Å²) in [5.41, 5.74) is 3.15. The number of nitrogens with one attached hydrogen (secondary N) is 3. The molecular formula is C18H31ClN4O. The van der Waals surface area contributed by atoms with E-state index >= 15 is 0 Å². The summed E-state index contributed by atoms with van der Waals surface area (Å²) in [7, 11) is 0. The van der Waals surface area contributed by atoms with Crippen LogP contribution in [0.5, 0.6) is 0 Å². The van der Waals surface area contributed by atoms with Gasteiger partial charge in [-0.1, -0.05) is 20.8 Å². The molecule has 0 unspecified atom stereocenters. The van der Waals surface area contributed by atoms with Gasteiger partial charge in [0, 0.05) is 37.3 Å². The first kappa shape index (κ1) is 19.3. The third-order valence-corrected chi connectivity index (χ3v) is 5.64. The van der Waals surface area contributed by atoms with Gasteiger partial charge >= 0.3 is 0 Å². The third kappa shape index (κ3) is 4.31. The van der Waals surface area contributed by atoms with Crippen molar-refractivity contribution in [1.82, 2.24) is 20.8 Å². The minimum atomic E-state index is -0.0239. The summed E-state index contributed by atoms with van der Waals surface area (Å²) < 4.78 is 0. The van der Waals surface area contributed by atoms with Gasteiger partial charge in [-0.2, -0.15) is 5.10 Å². The molecule has 3 N–H and O–H groups in total. The van der Waals surface area contributed by atoms with Gasteiger partial charge in [-0.05, 0) is 42.9 Å². The van der Waals surface area contributed by atoms with Crippen LogP contribution in [0.25, 0.3) is 0 Å². The quantitative estimate of drug-likeness (QED) is 0.781. The van der Waals surface area contributed by atoms with Gasteiger partial charge < -0.3 is 10.6 Å². The van der Waals surface area contributed by atoms with Crippen molar-refractivity contribution in [1.29, 1.82) is 0 Å². The molecule has 3 rings (SSSR count). The molecule has 1 amide bonds. The molecule has 2 heterocycles. The van der Waals surface area contributed by atoms with E-state index in [9.17, 15) is 4.79 Å². The largest absolute Gasteiger partial charge is 0.350 e. The van der Waals surface area contributed by atoms with Gasteiger partial charge in [0.2, 0.25) is 0 Å². The lowest BCUT2D eigenvalue weighted by Gasteiger charge is -2.37. The number of halogens is 1. The standard InChI is InChI=1S/C18H30N4O.ClH/c1-18(2,3)13-6-4-12(5-7-13)10-20-17(23)16-14-11-19-9-8-15(14)21-22-16;/h12-13,19H,4-11H2,1-3H3,(H,20,23)(H,21,22);1H. The van der Waals surface area contributed by atoms with Crippen molar-refractivity contribution in [3.63, 3.8) is 0 Å². The van der Waals surface area contributed by atoms with Crippen molar-refractivity contribution < 1.29 is 4.79 Å². The smallest absolute Gasteiger partial charge is 0.272 e. The van der Waals surface area contributed by atoms with Gasteiger partial charge in [-0.15, -0.1) is 12.4 Å². The minimum absolute atomic E-state index is 0. The second-order valence-corrected chi connectivity index (χ2v) is 8.25. The summed E-state index contributed by atoms with van der Waals surface area (Å²) in [4.78, 5) is 12.4. The van der Waals surface area contributed by atoms with Crippen LogP contribution in [0, 0.1) is 17.3 Å². The third-order valence-electron chi connectivity index (χ3n) is 5.64. The summed E-state index contributed by atoms with van der Waals surface area (Å²) in [6, 6.07) is 0. The fraction of sp³-hybridized carbons (Fsp3) is 0.778. The maximum atomic E-state index is 12.4. The van der Waals surface area contributed by atoms with Gasteiger partial charge in [0.15, 0.2) is 5.69 Å². The molecule has 6 heteroatoms. The van der Waals surface area contributed by atoms with Crippen molar-refractivity contribution in [2.75, 3.05) is 13.1 Å². The highest BCUT2D eigenvalue weighted by molar-refractivity contribution is 5.94. The predicted molar refractivity (Wildman–Crippen MR) is 98.5 cm³/mol. The van der Waals surface area contributed by atoms with E-state index in [1.54, 1.807) is 0 Å². The van der Waals surface area contributed by atoms with E-state index in [2.05, 4.69) is 41.6 Å². The molecule has 0 saturated heterocycles. The van der Waals surface area contributed by atoms with Crippen molar-refractivity contribution >= 4 is 18.3 Å². The molecule has 0 bridgehead atoms. The second-order valence-electron chi connectivity index (χ2n) is 8.25. The first-order valence-corrected chi connectivity index (χ1v) is 9.00. The first-order valence-electron chi connectivity index (χ1n) is 9.00. The average molecular weight is 355 g/mol. The van der Waals surface area contributed by atoms with Crippen LogP contribution in [0.15, 0.2) is 0 Å². The normalized spacial score (nSPS) is 24.0. The van der Waals surface area contributed by atoms with E-state index in [4.69, 9.17) is 0 Å². The second kappa shape index (κ2) is 7.87. The molecule has 2 aliphatic rings. The number of carbonyl (C=O) groups excluding carboxylic acids is 1. The van der Waals surface area contributed by atoms with Gasteiger partial charge in [0.05, 0.1) is 0 Å². The lowest BCUT2D eigenvalue weighted by atomic mass is 9.70. The Bertz CT molecular complexity index is 556. The Kier molecular flexibility index (Phi) is 6.32. The molecule has 1 aliphatic carbocycles. The summed E-state index contributed by atoms with van der Waals surface area (Å²) in [6.07, 6.45) is 5.94. The number of amides is 1. The summed E-state index contributed by atoms with van der Waals surface area (Å²) in [6.45, 7) is 9.50. The molecule has 0 radical (unpaired) electrons.